The van der Waals surface area contributed by atoms with Crippen molar-refractivity contribution >= 4 is 51.7 Å². The fourth-order valence-corrected chi connectivity index (χ4v) is 4.94. The van der Waals surface area contributed by atoms with Crippen molar-refractivity contribution < 1.29 is 9.53 Å². The van der Waals surface area contributed by atoms with E-state index in [-0.39, 0.29) is 5.91 Å². The van der Waals surface area contributed by atoms with Crippen LogP contribution in [0.25, 0.3) is 0 Å². The van der Waals surface area contributed by atoms with Gasteiger partial charge in [-0.15, -0.1) is 0 Å². The molecule has 1 aromatic rings. The summed E-state index contributed by atoms with van der Waals surface area (Å²) in [4.78, 5) is 18.0. The zero-order valence-electron chi connectivity index (χ0n) is 11.9. The smallest absolute Gasteiger partial charge is 0.268 e. The highest BCUT2D eigenvalue weighted by atomic mass is 32.2. The maximum atomic E-state index is 12.4. The van der Waals surface area contributed by atoms with Crippen LogP contribution in [0, 0.1) is 0 Å². The first-order chi connectivity index (χ1) is 10.1. The quantitative estimate of drug-likeness (QED) is 0.608. The lowest BCUT2D eigenvalue weighted by atomic mass is 10.3. The summed E-state index contributed by atoms with van der Waals surface area (Å²) in [5.74, 6) is 0.810. The van der Waals surface area contributed by atoms with Crippen LogP contribution >= 0.6 is 35.7 Å². The molecule has 1 amide bonds. The minimum absolute atomic E-state index is 0.00150. The second-order valence-corrected chi connectivity index (χ2v) is 7.22. The first kappa shape index (κ1) is 14.7. The van der Waals surface area contributed by atoms with Crippen LogP contribution in [0.4, 0.5) is 5.69 Å². The molecular weight excluding hydrogens is 324 g/mol. The number of amides is 1. The molecule has 0 saturated carbocycles. The predicted molar refractivity (Wildman–Crippen MR) is 91.9 cm³/mol. The lowest BCUT2D eigenvalue weighted by molar-refractivity contribution is -0.122. The van der Waals surface area contributed by atoms with Gasteiger partial charge in [0.15, 0.2) is 0 Å². The summed E-state index contributed by atoms with van der Waals surface area (Å²) >= 11 is 8.26. The molecule has 2 aliphatic heterocycles. The van der Waals surface area contributed by atoms with Gasteiger partial charge >= 0.3 is 0 Å². The van der Waals surface area contributed by atoms with E-state index in [0.29, 0.717) is 15.8 Å². The minimum atomic E-state index is 0.00150. The molecular formula is C14H14N2O2S3. The van der Waals surface area contributed by atoms with Crippen molar-refractivity contribution in [2.75, 3.05) is 25.6 Å². The van der Waals surface area contributed by atoms with E-state index in [1.54, 1.807) is 23.8 Å². The molecule has 2 heterocycles. The van der Waals surface area contributed by atoms with Crippen molar-refractivity contribution in [3.05, 3.63) is 28.1 Å². The van der Waals surface area contributed by atoms with E-state index >= 15 is 0 Å². The van der Waals surface area contributed by atoms with Crippen molar-refractivity contribution in [2.24, 2.45) is 0 Å². The molecule has 0 radical (unpaired) electrons. The van der Waals surface area contributed by atoms with Gasteiger partial charge in [0, 0.05) is 24.6 Å². The fourth-order valence-electron chi connectivity index (χ4n) is 2.25. The number of carbonyl (C=O) groups is 1. The lowest BCUT2D eigenvalue weighted by Gasteiger charge is -2.15. The van der Waals surface area contributed by atoms with Crippen molar-refractivity contribution in [1.82, 2.24) is 4.90 Å². The summed E-state index contributed by atoms with van der Waals surface area (Å²) in [5, 5.41) is 0.937. The van der Waals surface area contributed by atoms with E-state index in [9.17, 15) is 4.79 Å². The Kier molecular flexibility index (Phi) is 3.90. The summed E-state index contributed by atoms with van der Waals surface area (Å²) in [6.07, 6.45) is 0. The van der Waals surface area contributed by atoms with E-state index in [1.165, 1.54) is 11.8 Å². The fraction of sp³-hybridized carbons (Fsp3) is 0.286. The van der Waals surface area contributed by atoms with Crippen LogP contribution in [0.1, 0.15) is 6.92 Å². The van der Waals surface area contributed by atoms with Crippen LogP contribution in [0.2, 0.25) is 0 Å². The normalized spacial score (nSPS) is 21.3. The first-order valence-electron chi connectivity index (χ1n) is 6.44. The Morgan fingerprint density at radius 2 is 2.10 bits per heavy atom. The molecule has 7 heteroatoms. The summed E-state index contributed by atoms with van der Waals surface area (Å²) in [6, 6.07) is 5.93. The van der Waals surface area contributed by atoms with Gasteiger partial charge in [0.1, 0.15) is 15.0 Å². The van der Waals surface area contributed by atoms with Crippen molar-refractivity contribution in [2.45, 2.75) is 11.8 Å². The third-order valence-corrected chi connectivity index (χ3v) is 6.20. The molecule has 0 atom stereocenters. The monoisotopic (exact) mass is 338 g/mol. The molecule has 0 unspecified atom stereocenters. The molecule has 2 aliphatic rings. The van der Waals surface area contributed by atoms with Gasteiger partial charge in [-0.2, -0.15) is 0 Å². The van der Waals surface area contributed by atoms with Gasteiger partial charge < -0.3 is 9.64 Å². The second-order valence-electron chi connectivity index (χ2n) is 4.55. The van der Waals surface area contributed by atoms with E-state index in [0.717, 1.165) is 21.4 Å². The van der Waals surface area contributed by atoms with Crippen molar-refractivity contribution in [3.63, 3.8) is 0 Å². The van der Waals surface area contributed by atoms with Crippen LogP contribution in [0.15, 0.2) is 33.0 Å². The van der Waals surface area contributed by atoms with Gasteiger partial charge in [-0.1, -0.05) is 35.7 Å². The SMILES string of the molecule is CCN1C(=O)/C(=C2/Sc3ccc(OC)cc3N2C)SC1=S. The highest BCUT2D eigenvalue weighted by Crippen LogP contribution is 2.50. The molecule has 1 aromatic carbocycles. The molecule has 0 spiro atoms. The molecule has 0 bridgehead atoms. The van der Waals surface area contributed by atoms with Gasteiger partial charge in [-0.05, 0) is 19.1 Å². The number of benzene rings is 1. The van der Waals surface area contributed by atoms with Gasteiger partial charge in [0.05, 0.1) is 17.8 Å². The number of rotatable bonds is 2. The minimum Gasteiger partial charge on any atom is -0.497 e. The number of carbonyl (C=O) groups excluding carboxylic acids is 1. The molecule has 21 heavy (non-hydrogen) atoms. The van der Waals surface area contributed by atoms with Crippen LogP contribution < -0.4 is 9.64 Å². The molecule has 4 nitrogen and oxygen atoms in total. The molecule has 0 aromatic heterocycles. The average Bonchev–Trinajstić information content (AvgIpc) is 2.96. The summed E-state index contributed by atoms with van der Waals surface area (Å²) in [7, 11) is 3.61. The summed E-state index contributed by atoms with van der Waals surface area (Å²) in [5.41, 5.74) is 1.05. The topological polar surface area (TPSA) is 32.8 Å². The molecule has 1 fully saturated rings. The third-order valence-electron chi connectivity index (χ3n) is 3.40. The van der Waals surface area contributed by atoms with Crippen LogP contribution in [-0.4, -0.2) is 35.8 Å². The van der Waals surface area contributed by atoms with Crippen LogP contribution in [0.3, 0.4) is 0 Å². The molecule has 3 rings (SSSR count). The lowest BCUT2D eigenvalue weighted by Crippen LogP contribution is -2.28. The number of nitrogens with zero attached hydrogens (tertiary/aromatic N) is 2. The Morgan fingerprint density at radius 1 is 1.33 bits per heavy atom. The van der Waals surface area contributed by atoms with E-state index in [4.69, 9.17) is 17.0 Å². The van der Waals surface area contributed by atoms with Crippen LogP contribution in [0.5, 0.6) is 5.75 Å². The summed E-state index contributed by atoms with van der Waals surface area (Å²) in [6.45, 7) is 2.54. The van der Waals surface area contributed by atoms with Gasteiger partial charge in [-0.3, -0.25) is 9.69 Å². The number of ether oxygens (including phenoxy) is 1. The second kappa shape index (κ2) is 5.55. The summed E-state index contributed by atoms with van der Waals surface area (Å²) < 4.78 is 5.90. The Morgan fingerprint density at radius 3 is 2.71 bits per heavy atom. The maximum absolute atomic E-state index is 12.4. The molecule has 110 valence electrons. The number of hydrogen-bond donors (Lipinski definition) is 0. The number of anilines is 1. The van der Waals surface area contributed by atoms with Gasteiger partial charge in [0.25, 0.3) is 5.91 Å². The highest BCUT2D eigenvalue weighted by molar-refractivity contribution is 8.27. The highest BCUT2D eigenvalue weighted by Gasteiger charge is 2.37. The van der Waals surface area contributed by atoms with Crippen LogP contribution in [-0.2, 0) is 4.79 Å². The van der Waals surface area contributed by atoms with E-state index in [2.05, 4.69) is 0 Å². The Hall–Kier alpha value is -1.18. The van der Waals surface area contributed by atoms with Gasteiger partial charge in [0.2, 0.25) is 0 Å². The average molecular weight is 338 g/mol. The standard InChI is InChI=1S/C14H14N2O2S3/c1-4-16-12(17)11(21-14(16)19)13-15(2)9-7-8(18-3)5-6-10(9)20-13/h5-7H,4H2,1-3H3/b13-11-. The third kappa shape index (κ3) is 2.33. The Balaban J connectivity index is 2.01. The molecule has 0 aliphatic carbocycles. The number of thiocarbonyl (C=S) groups is 1. The van der Waals surface area contributed by atoms with E-state index < -0.39 is 0 Å². The Bertz CT molecular complexity index is 672. The number of likely N-dealkylation sites (N-methyl/N-ethyl adjacent to an activating group) is 1. The number of methoxy groups -OCH3 is 1. The zero-order valence-corrected chi connectivity index (χ0v) is 14.3. The number of hydrogen-bond acceptors (Lipinski definition) is 6. The van der Waals surface area contributed by atoms with Crippen molar-refractivity contribution in [1.29, 1.82) is 0 Å². The van der Waals surface area contributed by atoms with E-state index in [1.807, 2.05) is 37.1 Å². The first-order valence-corrected chi connectivity index (χ1v) is 8.48. The zero-order chi connectivity index (χ0) is 15.1. The Labute approximate surface area is 137 Å². The number of fused-ring (bicyclic) bond motifs is 1. The maximum Gasteiger partial charge on any atom is 0.268 e. The largest absolute Gasteiger partial charge is 0.497 e. The van der Waals surface area contributed by atoms with Gasteiger partial charge in [-0.25, -0.2) is 0 Å². The molecule has 0 N–H and O–H groups in total. The number of thioether (sulfide) groups is 2. The molecule has 1 saturated heterocycles. The van der Waals surface area contributed by atoms with Crippen molar-refractivity contribution in [3.8, 4) is 5.75 Å². The predicted octanol–water partition coefficient (Wildman–Crippen LogP) is 3.29.